The van der Waals surface area contributed by atoms with Gasteiger partial charge in [-0.15, -0.1) is 0 Å². The molecule has 0 bridgehead atoms. The van der Waals surface area contributed by atoms with Gasteiger partial charge in [-0.1, -0.05) is 24.3 Å². The molecule has 180 valence electrons. The molecule has 6 nitrogen and oxygen atoms in total. The van der Waals surface area contributed by atoms with E-state index in [1.54, 1.807) is 38.5 Å². The Morgan fingerprint density at radius 3 is 1.31 bits per heavy atom. The molecule has 0 amide bonds. The van der Waals surface area contributed by atoms with E-state index >= 15 is 0 Å². The van der Waals surface area contributed by atoms with Gasteiger partial charge in [-0.05, 0) is 73.5 Å². The Morgan fingerprint density at radius 2 is 0.944 bits per heavy atom. The normalized spacial score (nSPS) is 12.0. The van der Waals surface area contributed by atoms with E-state index in [4.69, 9.17) is 9.47 Å². The fraction of sp³-hybridized carbons (Fsp3) is 0.133. The number of anilines is 4. The van der Waals surface area contributed by atoms with Crippen molar-refractivity contribution in [3.05, 3.63) is 106 Å². The zero-order valence-electron chi connectivity index (χ0n) is 20.6. The molecular formula is C30H26N2O4. The number of fused-ring (bicyclic) bond motifs is 2. The Balaban J connectivity index is 1.65. The molecule has 0 aromatic heterocycles. The summed E-state index contributed by atoms with van der Waals surface area (Å²) in [5, 5.41) is 6.76. The highest BCUT2D eigenvalue weighted by Gasteiger charge is 2.34. The van der Waals surface area contributed by atoms with Crippen molar-refractivity contribution in [3.8, 4) is 11.5 Å². The van der Waals surface area contributed by atoms with Crippen LogP contribution in [0.1, 0.15) is 43.0 Å². The number of aryl methyl sites for hydroxylation is 2. The highest BCUT2D eigenvalue weighted by molar-refractivity contribution is 6.32. The van der Waals surface area contributed by atoms with Crippen LogP contribution in [0.25, 0.3) is 0 Å². The standard InChI is InChI=1S/C30H26N2O4/c1-17-15-19(35-3)9-11-23(17)31-25-13-14-26(32-24-12-10-20(36-4)16-18(24)2)28-27(25)29(33)21-7-5-6-8-22(21)30(28)34/h5-16,31-32H,1-4H3. The van der Waals surface area contributed by atoms with E-state index in [0.29, 0.717) is 33.6 Å². The molecule has 6 heteroatoms. The maximum atomic E-state index is 13.7. The van der Waals surface area contributed by atoms with Crippen molar-refractivity contribution in [1.82, 2.24) is 0 Å². The molecule has 4 aromatic carbocycles. The summed E-state index contributed by atoms with van der Waals surface area (Å²) in [7, 11) is 3.24. The fourth-order valence-electron chi connectivity index (χ4n) is 4.53. The molecule has 0 fully saturated rings. The minimum absolute atomic E-state index is 0.191. The van der Waals surface area contributed by atoms with E-state index in [1.165, 1.54) is 0 Å². The van der Waals surface area contributed by atoms with Crippen molar-refractivity contribution in [2.24, 2.45) is 0 Å². The molecular weight excluding hydrogens is 452 g/mol. The Bertz CT molecular complexity index is 1410. The molecule has 1 aliphatic rings. The number of nitrogens with one attached hydrogen (secondary N) is 2. The van der Waals surface area contributed by atoms with E-state index < -0.39 is 0 Å². The molecule has 0 aliphatic heterocycles. The summed E-state index contributed by atoms with van der Waals surface area (Å²) >= 11 is 0. The van der Waals surface area contributed by atoms with Gasteiger partial charge in [0.2, 0.25) is 0 Å². The molecule has 0 radical (unpaired) electrons. The number of ketones is 2. The SMILES string of the molecule is COc1ccc(Nc2ccc(Nc3ccc(OC)cc3C)c3c2C(=O)c2ccccc2C3=O)c(C)c1. The summed E-state index contributed by atoms with van der Waals surface area (Å²) in [6.07, 6.45) is 0. The van der Waals surface area contributed by atoms with Gasteiger partial charge in [-0.3, -0.25) is 9.59 Å². The summed E-state index contributed by atoms with van der Waals surface area (Å²) in [6, 6.07) is 22.0. The van der Waals surface area contributed by atoms with Crippen LogP contribution in [0.2, 0.25) is 0 Å². The minimum atomic E-state index is -0.191. The predicted octanol–water partition coefficient (Wildman–Crippen LogP) is 6.58. The summed E-state index contributed by atoms with van der Waals surface area (Å²) in [5.41, 5.74) is 6.21. The largest absolute Gasteiger partial charge is 0.497 e. The Kier molecular flexibility index (Phi) is 5.94. The Hall–Kier alpha value is -4.58. The number of benzene rings is 4. The maximum Gasteiger partial charge on any atom is 0.196 e. The van der Waals surface area contributed by atoms with Crippen molar-refractivity contribution in [2.75, 3.05) is 24.9 Å². The molecule has 0 spiro atoms. The van der Waals surface area contributed by atoms with Crippen molar-refractivity contribution < 1.29 is 19.1 Å². The first-order valence-electron chi connectivity index (χ1n) is 11.6. The lowest BCUT2D eigenvalue weighted by Crippen LogP contribution is -2.23. The van der Waals surface area contributed by atoms with Crippen molar-refractivity contribution in [1.29, 1.82) is 0 Å². The van der Waals surface area contributed by atoms with Crippen LogP contribution < -0.4 is 20.1 Å². The van der Waals surface area contributed by atoms with Gasteiger partial charge in [0.25, 0.3) is 0 Å². The van der Waals surface area contributed by atoms with Crippen molar-refractivity contribution in [2.45, 2.75) is 13.8 Å². The molecule has 0 saturated heterocycles. The molecule has 5 rings (SSSR count). The second-order valence-corrected chi connectivity index (χ2v) is 8.73. The van der Waals surface area contributed by atoms with E-state index in [1.807, 2.05) is 62.4 Å². The van der Waals surface area contributed by atoms with Crippen LogP contribution in [0.5, 0.6) is 11.5 Å². The van der Waals surface area contributed by atoms with Crippen LogP contribution in [-0.2, 0) is 0 Å². The number of methoxy groups -OCH3 is 2. The summed E-state index contributed by atoms with van der Waals surface area (Å²) < 4.78 is 10.6. The molecule has 1 aliphatic carbocycles. The van der Waals surface area contributed by atoms with E-state index in [2.05, 4.69) is 10.6 Å². The molecule has 0 saturated carbocycles. The smallest absolute Gasteiger partial charge is 0.196 e. The van der Waals surface area contributed by atoms with E-state index in [-0.39, 0.29) is 11.6 Å². The number of carbonyl (C=O) groups is 2. The van der Waals surface area contributed by atoms with Crippen LogP contribution in [0.4, 0.5) is 22.7 Å². The van der Waals surface area contributed by atoms with Gasteiger partial charge in [-0.25, -0.2) is 0 Å². The second kappa shape index (κ2) is 9.23. The molecule has 2 N–H and O–H groups in total. The Morgan fingerprint density at radius 1 is 0.556 bits per heavy atom. The molecule has 0 atom stereocenters. The van der Waals surface area contributed by atoms with E-state index in [9.17, 15) is 9.59 Å². The van der Waals surface area contributed by atoms with E-state index in [0.717, 1.165) is 34.0 Å². The van der Waals surface area contributed by atoms with Crippen LogP contribution >= 0.6 is 0 Å². The van der Waals surface area contributed by atoms with Gasteiger partial charge in [0, 0.05) is 22.5 Å². The van der Waals surface area contributed by atoms with Gasteiger partial charge in [0.15, 0.2) is 11.6 Å². The molecule has 36 heavy (non-hydrogen) atoms. The third-order valence-electron chi connectivity index (χ3n) is 6.48. The first-order chi connectivity index (χ1) is 17.4. The highest BCUT2D eigenvalue weighted by atomic mass is 16.5. The lowest BCUT2D eigenvalue weighted by atomic mass is 9.82. The molecule has 0 heterocycles. The first-order valence-corrected chi connectivity index (χ1v) is 11.6. The highest BCUT2D eigenvalue weighted by Crippen LogP contribution is 2.39. The van der Waals surface area contributed by atoms with Crippen LogP contribution in [0, 0.1) is 13.8 Å². The number of carbonyl (C=O) groups excluding carboxylic acids is 2. The second-order valence-electron chi connectivity index (χ2n) is 8.73. The van der Waals surface area contributed by atoms with Gasteiger partial charge < -0.3 is 20.1 Å². The van der Waals surface area contributed by atoms with Crippen molar-refractivity contribution in [3.63, 3.8) is 0 Å². The fourth-order valence-corrected chi connectivity index (χ4v) is 4.53. The number of ether oxygens (including phenoxy) is 2. The van der Waals surface area contributed by atoms with Gasteiger partial charge >= 0.3 is 0 Å². The quantitative estimate of drug-likeness (QED) is 0.287. The lowest BCUT2D eigenvalue weighted by molar-refractivity contribution is 0.0980. The monoisotopic (exact) mass is 478 g/mol. The maximum absolute atomic E-state index is 13.7. The number of rotatable bonds is 6. The van der Waals surface area contributed by atoms with Gasteiger partial charge in [0.05, 0.1) is 36.7 Å². The zero-order valence-corrected chi connectivity index (χ0v) is 20.6. The number of hydrogen-bond donors (Lipinski definition) is 2. The topological polar surface area (TPSA) is 76.7 Å². The molecule has 4 aromatic rings. The van der Waals surface area contributed by atoms with Crippen LogP contribution in [0.3, 0.4) is 0 Å². The average Bonchev–Trinajstić information content (AvgIpc) is 2.90. The first kappa shape index (κ1) is 23.2. The summed E-state index contributed by atoms with van der Waals surface area (Å²) in [5.74, 6) is 1.11. The zero-order chi connectivity index (χ0) is 25.4. The Labute approximate surface area is 209 Å². The van der Waals surface area contributed by atoms with Crippen LogP contribution in [0.15, 0.2) is 72.8 Å². The average molecular weight is 479 g/mol. The van der Waals surface area contributed by atoms with Gasteiger partial charge in [-0.2, -0.15) is 0 Å². The van der Waals surface area contributed by atoms with Gasteiger partial charge in [0.1, 0.15) is 11.5 Å². The predicted molar refractivity (Wildman–Crippen MR) is 142 cm³/mol. The summed E-state index contributed by atoms with van der Waals surface area (Å²) in [4.78, 5) is 27.5. The molecule has 0 unspecified atom stereocenters. The van der Waals surface area contributed by atoms with Crippen molar-refractivity contribution >= 4 is 34.3 Å². The third kappa shape index (κ3) is 3.96. The summed E-state index contributed by atoms with van der Waals surface area (Å²) in [6.45, 7) is 3.92. The van der Waals surface area contributed by atoms with Crippen LogP contribution in [-0.4, -0.2) is 25.8 Å². The number of hydrogen-bond acceptors (Lipinski definition) is 6. The minimum Gasteiger partial charge on any atom is -0.497 e. The lowest BCUT2D eigenvalue weighted by Gasteiger charge is -2.24. The third-order valence-corrected chi connectivity index (χ3v) is 6.48.